The van der Waals surface area contributed by atoms with Crippen LogP contribution in [0.25, 0.3) is 0 Å². The number of nitrogens with zero attached hydrogens (tertiary/aromatic N) is 2. The zero-order valence-corrected chi connectivity index (χ0v) is 14.9. The Bertz CT molecular complexity index is 515. The highest BCUT2D eigenvalue weighted by Crippen LogP contribution is 2.23. The molecule has 1 saturated heterocycles. The molecule has 4 heteroatoms. The van der Waals surface area contributed by atoms with Crippen LogP contribution in [0.15, 0.2) is 24.3 Å². The summed E-state index contributed by atoms with van der Waals surface area (Å²) in [7, 11) is 0. The van der Waals surface area contributed by atoms with Crippen molar-refractivity contribution in [2.24, 2.45) is 0 Å². The minimum Gasteiger partial charge on any atom is -0.494 e. The van der Waals surface area contributed by atoms with Crippen LogP contribution in [-0.2, 0) is 0 Å². The SMILES string of the molecule is CCOc1ccc(C(=O)CN2CCN(C3CCCCC3)CC2)cc1. The molecule has 1 aliphatic heterocycles. The lowest BCUT2D eigenvalue weighted by atomic mass is 9.94. The Kier molecular flexibility index (Phi) is 6.27. The molecule has 0 amide bonds. The molecule has 1 aromatic rings. The van der Waals surface area contributed by atoms with Crippen LogP contribution in [0.1, 0.15) is 49.4 Å². The minimum absolute atomic E-state index is 0.212. The topological polar surface area (TPSA) is 32.8 Å². The maximum Gasteiger partial charge on any atom is 0.176 e. The molecule has 4 nitrogen and oxygen atoms in total. The number of ether oxygens (including phenoxy) is 1. The van der Waals surface area contributed by atoms with Gasteiger partial charge in [0, 0.05) is 37.8 Å². The van der Waals surface area contributed by atoms with Crippen LogP contribution in [0.4, 0.5) is 0 Å². The molecular weight excluding hydrogens is 300 g/mol. The molecule has 1 aromatic carbocycles. The zero-order valence-electron chi connectivity index (χ0n) is 14.9. The summed E-state index contributed by atoms with van der Waals surface area (Å²) in [5.74, 6) is 1.04. The lowest BCUT2D eigenvalue weighted by Gasteiger charge is -2.40. The van der Waals surface area contributed by atoms with E-state index in [2.05, 4.69) is 9.80 Å². The van der Waals surface area contributed by atoms with Gasteiger partial charge in [0.15, 0.2) is 5.78 Å². The Hall–Kier alpha value is -1.39. The van der Waals surface area contributed by atoms with E-state index in [4.69, 9.17) is 4.74 Å². The van der Waals surface area contributed by atoms with E-state index < -0.39 is 0 Å². The Labute approximate surface area is 145 Å². The van der Waals surface area contributed by atoms with Crippen LogP contribution in [0.2, 0.25) is 0 Å². The van der Waals surface area contributed by atoms with Crippen molar-refractivity contribution < 1.29 is 9.53 Å². The molecule has 24 heavy (non-hydrogen) atoms. The molecule has 132 valence electrons. The summed E-state index contributed by atoms with van der Waals surface area (Å²) in [6, 6.07) is 8.33. The van der Waals surface area contributed by atoms with Crippen LogP contribution in [0, 0.1) is 0 Å². The predicted octanol–water partition coefficient (Wildman–Crippen LogP) is 3.22. The van der Waals surface area contributed by atoms with E-state index in [-0.39, 0.29) is 5.78 Å². The van der Waals surface area contributed by atoms with Crippen molar-refractivity contribution in [1.29, 1.82) is 0 Å². The second-order valence-electron chi connectivity index (χ2n) is 6.98. The highest BCUT2D eigenvalue weighted by Gasteiger charge is 2.25. The van der Waals surface area contributed by atoms with Crippen LogP contribution >= 0.6 is 0 Å². The standard InChI is InChI=1S/C20H30N2O2/c1-2-24-19-10-8-17(9-11-19)20(23)16-21-12-14-22(15-13-21)18-6-4-3-5-7-18/h8-11,18H,2-7,12-16H2,1H3. The molecule has 0 unspecified atom stereocenters. The summed E-state index contributed by atoms with van der Waals surface area (Å²) in [6.45, 7) is 7.40. The Morgan fingerprint density at radius 1 is 1.04 bits per heavy atom. The van der Waals surface area contributed by atoms with Crippen molar-refractivity contribution in [2.75, 3.05) is 39.3 Å². The summed E-state index contributed by atoms with van der Waals surface area (Å²) in [4.78, 5) is 17.4. The van der Waals surface area contributed by atoms with Crippen LogP contribution in [-0.4, -0.2) is 61.0 Å². The Balaban J connectivity index is 1.45. The van der Waals surface area contributed by atoms with Gasteiger partial charge in [0.2, 0.25) is 0 Å². The number of hydrogen-bond donors (Lipinski definition) is 0. The van der Waals surface area contributed by atoms with Crippen molar-refractivity contribution in [3.05, 3.63) is 29.8 Å². The van der Waals surface area contributed by atoms with Crippen molar-refractivity contribution in [1.82, 2.24) is 9.80 Å². The molecule has 0 bridgehead atoms. The first-order valence-corrected chi connectivity index (χ1v) is 9.48. The molecule has 2 fully saturated rings. The summed E-state index contributed by atoms with van der Waals surface area (Å²) in [6.07, 6.45) is 6.92. The first kappa shape index (κ1) is 17.4. The van der Waals surface area contributed by atoms with E-state index in [0.717, 1.165) is 43.5 Å². The van der Waals surface area contributed by atoms with Gasteiger partial charge in [-0.15, -0.1) is 0 Å². The van der Waals surface area contributed by atoms with Gasteiger partial charge in [-0.1, -0.05) is 19.3 Å². The lowest BCUT2D eigenvalue weighted by Crippen LogP contribution is -2.51. The van der Waals surface area contributed by atoms with Gasteiger partial charge in [-0.2, -0.15) is 0 Å². The molecule has 0 aromatic heterocycles. The summed E-state index contributed by atoms with van der Waals surface area (Å²) in [5, 5.41) is 0. The molecule has 0 N–H and O–H groups in total. The first-order valence-electron chi connectivity index (χ1n) is 9.48. The third-order valence-corrected chi connectivity index (χ3v) is 5.35. The van der Waals surface area contributed by atoms with E-state index in [1.54, 1.807) is 0 Å². The van der Waals surface area contributed by atoms with Crippen LogP contribution in [0.5, 0.6) is 5.75 Å². The quantitative estimate of drug-likeness (QED) is 0.750. The number of carbonyl (C=O) groups is 1. The maximum atomic E-state index is 12.5. The van der Waals surface area contributed by atoms with Gasteiger partial charge in [-0.25, -0.2) is 0 Å². The van der Waals surface area contributed by atoms with Crippen molar-refractivity contribution >= 4 is 5.78 Å². The monoisotopic (exact) mass is 330 g/mol. The van der Waals surface area contributed by atoms with Crippen molar-refractivity contribution in [3.8, 4) is 5.75 Å². The maximum absolute atomic E-state index is 12.5. The average molecular weight is 330 g/mol. The minimum atomic E-state index is 0.212. The van der Waals surface area contributed by atoms with E-state index in [1.165, 1.54) is 32.1 Å². The second-order valence-corrected chi connectivity index (χ2v) is 6.98. The fourth-order valence-electron chi connectivity index (χ4n) is 3.93. The fraction of sp³-hybridized carbons (Fsp3) is 0.650. The van der Waals surface area contributed by atoms with E-state index in [0.29, 0.717) is 13.2 Å². The first-order chi connectivity index (χ1) is 11.8. The van der Waals surface area contributed by atoms with Gasteiger partial charge in [-0.3, -0.25) is 14.6 Å². The van der Waals surface area contributed by atoms with Crippen LogP contribution in [0.3, 0.4) is 0 Å². The molecule has 2 aliphatic rings. The van der Waals surface area contributed by atoms with Crippen molar-refractivity contribution in [3.63, 3.8) is 0 Å². The van der Waals surface area contributed by atoms with Crippen LogP contribution < -0.4 is 4.74 Å². The summed E-state index contributed by atoms with van der Waals surface area (Å²) >= 11 is 0. The fourth-order valence-corrected chi connectivity index (χ4v) is 3.93. The number of piperazine rings is 1. The highest BCUT2D eigenvalue weighted by atomic mass is 16.5. The van der Waals surface area contributed by atoms with E-state index in [9.17, 15) is 4.79 Å². The molecule has 0 atom stereocenters. The van der Waals surface area contributed by atoms with E-state index in [1.807, 2.05) is 31.2 Å². The predicted molar refractivity (Wildman–Crippen MR) is 96.8 cm³/mol. The Morgan fingerprint density at radius 2 is 1.71 bits per heavy atom. The molecule has 1 heterocycles. The van der Waals surface area contributed by atoms with Gasteiger partial charge >= 0.3 is 0 Å². The van der Waals surface area contributed by atoms with Gasteiger partial charge in [0.05, 0.1) is 13.2 Å². The Morgan fingerprint density at radius 3 is 2.33 bits per heavy atom. The number of carbonyl (C=O) groups excluding carboxylic acids is 1. The number of Topliss-reactive ketones (excluding diaryl/α,β-unsaturated/α-hetero) is 1. The molecule has 1 aliphatic carbocycles. The molecule has 0 spiro atoms. The summed E-state index contributed by atoms with van der Waals surface area (Å²) in [5.41, 5.74) is 0.785. The zero-order chi connectivity index (χ0) is 16.8. The smallest absolute Gasteiger partial charge is 0.176 e. The van der Waals surface area contributed by atoms with Gasteiger partial charge < -0.3 is 4.74 Å². The third kappa shape index (κ3) is 4.58. The number of ketones is 1. The van der Waals surface area contributed by atoms with Gasteiger partial charge in [0.1, 0.15) is 5.75 Å². The number of rotatable bonds is 6. The molecule has 0 radical (unpaired) electrons. The molecule has 3 rings (SSSR count). The number of hydrogen-bond acceptors (Lipinski definition) is 4. The van der Waals surface area contributed by atoms with Crippen molar-refractivity contribution in [2.45, 2.75) is 45.1 Å². The highest BCUT2D eigenvalue weighted by molar-refractivity contribution is 5.97. The third-order valence-electron chi connectivity index (χ3n) is 5.35. The van der Waals surface area contributed by atoms with E-state index >= 15 is 0 Å². The normalized spacial score (nSPS) is 20.9. The molecular formula is C20H30N2O2. The van der Waals surface area contributed by atoms with Gasteiger partial charge in [-0.05, 0) is 44.0 Å². The number of benzene rings is 1. The van der Waals surface area contributed by atoms with Gasteiger partial charge in [0.25, 0.3) is 0 Å². The largest absolute Gasteiger partial charge is 0.494 e. The molecule has 1 saturated carbocycles. The lowest BCUT2D eigenvalue weighted by molar-refractivity contribution is 0.0691. The summed E-state index contributed by atoms with van der Waals surface area (Å²) < 4.78 is 5.43. The second kappa shape index (κ2) is 8.63. The average Bonchev–Trinajstić information content (AvgIpc) is 2.64.